The number of allylic oxidation sites excluding steroid dienone is 1. The fourth-order valence-corrected chi connectivity index (χ4v) is 1.14. The van der Waals surface area contributed by atoms with Gasteiger partial charge >= 0.3 is 0 Å². The van der Waals surface area contributed by atoms with E-state index < -0.39 is 5.91 Å². The van der Waals surface area contributed by atoms with E-state index in [9.17, 15) is 4.79 Å². The van der Waals surface area contributed by atoms with Crippen molar-refractivity contribution < 1.29 is 4.79 Å². The van der Waals surface area contributed by atoms with E-state index in [0.717, 1.165) is 0 Å². The Balaban J connectivity index is 2.28. The minimum atomic E-state index is -0.567. The van der Waals surface area contributed by atoms with Gasteiger partial charge < -0.3 is 5.73 Å². The van der Waals surface area contributed by atoms with Crippen LogP contribution in [0, 0.1) is 0 Å². The number of hydrogen-bond donors (Lipinski definition) is 1. The van der Waals surface area contributed by atoms with Gasteiger partial charge in [0, 0.05) is 18.6 Å². The van der Waals surface area contributed by atoms with E-state index in [1.54, 1.807) is 23.4 Å². The van der Waals surface area contributed by atoms with Crippen molar-refractivity contribution in [2.45, 2.75) is 0 Å². The summed E-state index contributed by atoms with van der Waals surface area (Å²) in [5, 5.41) is 0. The molecule has 2 heterocycles. The van der Waals surface area contributed by atoms with Gasteiger partial charge in [-0.1, -0.05) is 0 Å². The summed E-state index contributed by atoms with van der Waals surface area (Å²) < 4.78 is 0. The van der Waals surface area contributed by atoms with E-state index in [1.165, 1.54) is 12.3 Å². The minimum Gasteiger partial charge on any atom is -0.364 e. The van der Waals surface area contributed by atoms with Gasteiger partial charge in [0.05, 0.1) is 0 Å². The Labute approximate surface area is 86.2 Å². The smallest absolute Gasteiger partial charge is 0.267 e. The number of rotatable bonds is 2. The summed E-state index contributed by atoms with van der Waals surface area (Å²) in [6.45, 7) is 0.443. The van der Waals surface area contributed by atoms with Gasteiger partial charge in [-0.15, -0.1) is 0 Å². The summed E-state index contributed by atoms with van der Waals surface area (Å²) in [6.07, 6.45) is 6.74. The molecule has 0 fully saturated rings. The summed E-state index contributed by atoms with van der Waals surface area (Å²) >= 11 is 0. The summed E-state index contributed by atoms with van der Waals surface area (Å²) in [7, 11) is 0. The zero-order valence-electron chi connectivity index (χ0n) is 7.87. The van der Waals surface area contributed by atoms with Gasteiger partial charge in [0.2, 0.25) is 5.95 Å². The van der Waals surface area contributed by atoms with Crippen LogP contribution in [0.5, 0.6) is 0 Å². The monoisotopic (exact) mass is 203 g/mol. The lowest BCUT2D eigenvalue weighted by Crippen LogP contribution is -2.22. The average molecular weight is 203 g/mol. The molecule has 0 saturated heterocycles. The molecule has 1 amide bonds. The van der Waals surface area contributed by atoms with Crippen LogP contribution >= 0.6 is 0 Å². The Morgan fingerprint density at radius 1 is 1.53 bits per heavy atom. The summed E-state index contributed by atoms with van der Waals surface area (Å²) in [5.41, 5.74) is 5.31. The van der Waals surface area contributed by atoms with Crippen LogP contribution in [0.15, 0.2) is 29.5 Å². The van der Waals surface area contributed by atoms with Gasteiger partial charge in [-0.05, 0) is 12.1 Å². The lowest BCUT2D eigenvalue weighted by atomic mass is 10.4. The van der Waals surface area contributed by atoms with E-state index in [4.69, 9.17) is 5.73 Å². The summed E-state index contributed by atoms with van der Waals surface area (Å²) in [5.74, 6) is -0.150. The highest BCUT2D eigenvalue weighted by atomic mass is 16.1. The third-order valence-electron chi connectivity index (χ3n) is 1.84. The molecule has 15 heavy (non-hydrogen) atoms. The number of anilines is 1. The minimum absolute atomic E-state index is 0.197. The molecular formula is C9H9N5O. The molecule has 1 aromatic rings. The Morgan fingerprint density at radius 3 is 3.07 bits per heavy atom. The summed E-state index contributed by atoms with van der Waals surface area (Å²) in [4.78, 5) is 24.7. The molecule has 6 heteroatoms. The second-order valence-corrected chi connectivity index (χ2v) is 2.89. The van der Waals surface area contributed by atoms with Crippen molar-refractivity contribution >= 4 is 18.1 Å². The van der Waals surface area contributed by atoms with Crippen molar-refractivity contribution in [2.24, 2.45) is 10.7 Å². The molecule has 0 atom stereocenters. The Hall–Kier alpha value is -2.24. The van der Waals surface area contributed by atoms with E-state index in [2.05, 4.69) is 15.0 Å². The van der Waals surface area contributed by atoms with Crippen LogP contribution in [-0.2, 0) is 0 Å². The third-order valence-corrected chi connectivity index (χ3v) is 1.84. The highest BCUT2D eigenvalue weighted by Gasteiger charge is 2.09. The van der Waals surface area contributed by atoms with Gasteiger partial charge in [-0.3, -0.25) is 14.7 Å². The Morgan fingerprint density at radius 2 is 2.40 bits per heavy atom. The number of primary amides is 1. The van der Waals surface area contributed by atoms with E-state index in [-0.39, 0.29) is 5.69 Å². The number of nitrogens with two attached hydrogens (primary N) is 1. The lowest BCUT2D eigenvalue weighted by Gasteiger charge is -2.17. The largest absolute Gasteiger partial charge is 0.364 e. The molecule has 1 aliphatic rings. The molecule has 1 aliphatic heterocycles. The maximum atomic E-state index is 10.9. The highest BCUT2D eigenvalue weighted by Crippen LogP contribution is 2.09. The van der Waals surface area contributed by atoms with Gasteiger partial charge in [0.15, 0.2) is 0 Å². The van der Waals surface area contributed by atoms with Gasteiger partial charge in [0.25, 0.3) is 5.91 Å². The molecule has 2 N–H and O–H groups in total. The fourth-order valence-electron chi connectivity index (χ4n) is 1.14. The quantitative estimate of drug-likeness (QED) is 0.729. The van der Waals surface area contributed by atoms with Crippen molar-refractivity contribution in [1.29, 1.82) is 0 Å². The number of aromatic nitrogens is 2. The van der Waals surface area contributed by atoms with Gasteiger partial charge in [-0.25, -0.2) is 9.97 Å². The van der Waals surface area contributed by atoms with Crippen molar-refractivity contribution in [2.75, 3.05) is 11.6 Å². The summed E-state index contributed by atoms with van der Waals surface area (Å²) in [6, 6.07) is 1.47. The molecule has 0 unspecified atom stereocenters. The fraction of sp³-hybridized carbons (Fsp3) is 0.111. The molecular weight excluding hydrogens is 194 g/mol. The molecule has 0 aliphatic carbocycles. The number of amides is 1. The van der Waals surface area contributed by atoms with Crippen LogP contribution in [0.2, 0.25) is 0 Å². The van der Waals surface area contributed by atoms with Gasteiger partial charge in [-0.2, -0.15) is 0 Å². The average Bonchev–Trinajstić information content (AvgIpc) is 2.30. The predicted octanol–water partition coefficient (Wildman–Crippen LogP) is -0.0625. The molecule has 0 radical (unpaired) electrons. The van der Waals surface area contributed by atoms with Gasteiger partial charge in [0.1, 0.15) is 12.4 Å². The van der Waals surface area contributed by atoms with E-state index in [1.807, 2.05) is 0 Å². The normalized spacial score (nSPS) is 14.3. The van der Waals surface area contributed by atoms with Crippen LogP contribution in [0.4, 0.5) is 5.95 Å². The first-order chi connectivity index (χ1) is 7.27. The Kier molecular flexibility index (Phi) is 2.40. The molecule has 76 valence electrons. The number of carbonyl (C=O) groups is 1. The van der Waals surface area contributed by atoms with Crippen molar-refractivity contribution in [1.82, 2.24) is 9.97 Å². The zero-order chi connectivity index (χ0) is 10.7. The second kappa shape index (κ2) is 3.87. The van der Waals surface area contributed by atoms with Crippen LogP contribution in [-0.4, -0.2) is 28.8 Å². The first kappa shape index (κ1) is 9.32. The molecule has 0 spiro atoms. The lowest BCUT2D eigenvalue weighted by molar-refractivity contribution is 0.0995. The first-order valence-corrected chi connectivity index (χ1v) is 4.33. The second-order valence-electron chi connectivity index (χ2n) is 2.89. The molecule has 1 aromatic heterocycles. The predicted molar refractivity (Wildman–Crippen MR) is 55.5 cm³/mol. The molecule has 0 aromatic carbocycles. The highest BCUT2D eigenvalue weighted by molar-refractivity contribution is 5.90. The topological polar surface area (TPSA) is 84.5 Å². The number of nitrogens with zero attached hydrogens (tertiary/aromatic N) is 4. The van der Waals surface area contributed by atoms with E-state index in [0.29, 0.717) is 12.6 Å². The van der Waals surface area contributed by atoms with Crippen LogP contribution in [0.25, 0.3) is 0 Å². The Bertz CT molecular complexity index is 440. The SMILES string of the molecule is NC(=O)c1ccnc(N2C=CC=NC2)n1. The zero-order valence-corrected chi connectivity index (χ0v) is 7.87. The van der Waals surface area contributed by atoms with Crippen molar-refractivity contribution in [3.63, 3.8) is 0 Å². The standard InChI is InChI=1S/C9H9N5O/c10-8(15)7-2-4-12-9(13-7)14-5-1-3-11-6-14/h1-5H,6H2,(H2,10,15). The molecule has 0 bridgehead atoms. The van der Waals surface area contributed by atoms with Crippen LogP contribution < -0.4 is 10.6 Å². The molecule has 6 nitrogen and oxygen atoms in total. The van der Waals surface area contributed by atoms with E-state index >= 15 is 0 Å². The maximum absolute atomic E-state index is 10.9. The van der Waals surface area contributed by atoms with Crippen molar-refractivity contribution in [3.05, 3.63) is 30.2 Å². The van der Waals surface area contributed by atoms with Crippen LogP contribution in [0.1, 0.15) is 10.5 Å². The maximum Gasteiger partial charge on any atom is 0.267 e. The number of hydrogen-bond acceptors (Lipinski definition) is 5. The van der Waals surface area contributed by atoms with Crippen molar-refractivity contribution in [3.8, 4) is 0 Å². The third kappa shape index (κ3) is 1.98. The molecule has 0 saturated carbocycles. The van der Waals surface area contributed by atoms with Crippen LogP contribution in [0.3, 0.4) is 0 Å². The number of carbonyl (C=O) groups excluding carboxylic acids is 1. The number of aliphatic imine (C=N–C) groups is 1. The first-order valence-electron chi connectivity index (χ1n) is 4.33. The molecule has 2 rings (SSSR count).